The molecule has 0 aromatic heterocycles. The Balaban J connectivity index is 1.55. The van der Waals surface area contributed by atoms with Gasteiger partial charge < -0.3 is 9.84 Å². The predicted molar refractivity (Wildman–Crippen MR) is 137 cm³/mol. The van der Waals surface area contributed by atoms with Crippen LogP contribution in [-0.2, 0) is 9.53 Å². The molecule has 0 amide bonds. The molecule has 182 valence electrons. The molecule has 0 heterocycles. The van der Waals surface area contributed by atoms with Gasteiger partial charge in [-0.05, 0) is 98.7 Å². The molecule has 0 bridgehead atoms. The van der Waals surface area contributed by atoms with E-state index in [1.54, 1.807) is 0 Å². The third-order valence-corrected chi connectivity index (χ3v) is 12.5. The van der Waals surface area contributed by atoms with Gasteiger partial charge in [-0.3, -0.25) is 0 Å². The van der Waals surface area contributed by atoms with Crippen LogP contribution in [0, 0.1) is 40.4 Å². The average Bonchev–Trinajstić information content (AvgIpc) is 3.10. The van der Waals surface area contributed by atoms with Crippen molar-refractivity contribution in [2.45, 2.75) is 94.8 Å². The number of rotatable bonds is 5. The summed E-state index contributed by atoms with van der Waals surface area (Å²) in [6, 6.07) is 0. The molecule has 0 aromatic rings. The normalized spacial score (nSPS) is 46.2. The zero-order chi connectivity index (χ0) is 23.5. The van der Waals surface area contributed by atoms with Crippen LogP contribution >= 0.6 is 20.7 Å². The summed E-state index contributed by atoms with van der Waals surface area (Å²) in [5.74, 6) is 1.95. The SMILES string of the molecule is C=IC(F)(C[C@@H](C)[C@H]1CC[C@H]2C3CC=C4C[C@@](C)(O)CC[C@]4(C)[C@H]3CC[C@]12C)C(=O)OC. The summed E-state index contributed by atoms with van der Waals surface area (Å²) in [5.41, 5.74) is 1.40. The second-order valence-corrected chi connectivity index (χ2v) is 14.6. The molecule has 9 atom stereocenters. The fourth-order valence-electron chi connectivity index (χ4n) is 8.67. The minimum absolute atomic E-state index is 0.155. The number of methoxy groups -OCH3 is 1. The second kappa shape index (κ2) is 8.42. The van der Waals surface area contributed by atoms with E-state index < -0.39 is 36.0 Å². The van der Waals surface area contributed by atoms with Crippen LogP contribution in [0.4, 0.5) is 4.39 Å². The first kappa shape index (κ1) is 24.8. The van der Waals surface area contributed by atoms with Crippen LogP contribution in [0.2, 0.25) is 0 Å². The Morgan fingerprint density at radius 3 is 2.66 bits per heavy atom. The van der Waals surface area contributed by atoms with Gasteiger partial charge in [-0.2, -0.15) is 0 Å². The number of fused-ring (bicyclic) bond motifs is 5. The zero-order valence-electron chi connectivity index (χ0n) is 20.6. The Kier molecular flexibility index (Phi) is 6.53. The van der Waals surface area contributed by atoms with Gasteiger partial charge in [-0.25, -0.2) is 9.18 Å². The lowest BCUT2D eigenvalue weighted by Gasteiger charge is -2.59. The maximum Gasteiger partial charge on any atom is 0.353 e. The first-order valence-electron chi connectivity index (χ1n) is 12.5. The third-order valence-electron chi connectivity index (χ3n) is 10.4. The number of aliphatic hydroxyl groups is 1. The quantitative estimate of drug-likeness (QED) is 0.179. The van der Waals surface area contributed by atoms with Gasteiger partial charge in [0.25, 0.3) is 3.68 Å². The second-order valence-electron chi connectivity index (χ2n) is 12.2. The molecule has 0 aromatic carbocycles. The molecule has 0 aliphatic heterocycles. The number of carbonyl (C=O) groups is 1. The summed E-state index contributed by atoms with van der Waals surface area (Å²) in [7, 11) is 1.28. The molecule has 0 saturated heterocycles. The van der Waals surface area contributed by atoms with Crippen molar-refractivity contribution in [1.29, 1.82) is 0 Å². The maximum absolute atomic E-state index is 15.4. The predicted octanol–water partition coefficient (Wildman–Crippen LogP) is 6.58. The third kappa shape index (κ3) is 3.85. The Labute approximate surface area is 203 Å². The highest BCUT2D eigenvalue weighted by atomic mass is 127. The molecular formula is C27H42FIO3. The fraction of sp³-hybridized carbons (Fsp3) is 0.852. The number of hydrogen-bond donors (Lipinski definition) is 1. The molecule has 1 N–H and O–H groups in total. The molecule has 3 nitrogen and oxygen atoms in total. The standard InChI is InChI=1S/C27H42FIO3/c1-17(15-27(28,29-5)23(30)32-6)20-9-10-21-19-8-7-18-16-24(2,31)13-14-25(18,3)22(19)11-12-26(20,21)4/h7,17,19-22,31H,5,8-16H2,1-4,6H3/t17-,19?,20-,21+,22+,24+,25+,26-,27?/m1/s1. The fourth-order valence-corrected chi connectivity index (χ4v) is 10.2. The largest absolute Gasteiger partial charge is 0.466 e. The van der Waals surface area contributed by atoms with Crippen molar-refractivity contribution in [2.24, 2.45) is 40.4 Å². The molecule has 4 aliphatic rings. The van der Waals surface area contributed by atoms with Gasteiger partial charge >= 0.3 is 5.97 Å². The molecule has 0 spiro atoms. The topological polar surface area (TPSA) is 46.5 Å². The number of halogens is 2. The van der Waals surface area contributed by atoms with E-state index in [2.05, 4.69) is 31.4 Å². The molecule has 4 rings (SSSR count). The van der Waals surface area contributed by atoms with E-state index >= 15 is 4.39 Å². The van der Waals surface area contributed by atoms with E-state index in [1.807, 2.05) is 6.92 Å². The van der Waals surface area contributed by atoms with Crippen molar-refractivity contribution >= 4 is 31.2 Å². The molecule has 32 heavy (non-hydrogen) atoms. The van der Waals surface area contributed by atoms with Crippen LogP contribution in [0.1, 0.15) is 85.5 Å². The summed E-state index contributed by atoms with van der Waals surface area (Å²) < 4.78 is 22.2. The minimum atomic E-state index is -1.87. The summed E-state index contributed by atoms with van der Waals surface area (Å²) in [6.45, 7) is 9.08. The van der Waals surface area contributed by atoms with Crippen molar-refractivity contribution in [2.75, 3.05) is 7.11 Å². The number of allylic oxidation sites excluding steroid dienone is 1. The van der Waals surface area contributed by atoms with Gasteiger partial charge in [0, 0.05) is 6.42 Å². The van der Waals surface area contributed by atoms with Gasteiger partial charge in [0.2, 0.25) is 0 Å². The van der Waals surface area contributed by atoms with Crippen molar-refractivity contribution in [3.63, 3.8) is 0 Å². The van der Waals surface area contributed by atoms with E-state index in [1.165, 1.54) is 31.9 Å². The van der Waals surface area contributed by atoms with Crippen LogP contribution in [0.3, 0.4) is 0 Å². The number of esters is 1. The lowest BCUT2D eigenvalue weighted by atomic mass is 9.46. The van der Waals surface area contributed by atoms with Gasteiger partial charge in [0.1, 0.15) is 0 Å². The van der Waals surface area contributed by atoms with Crippen LogP contribution in [0.15, 0.2) is 11.6 Å². The van der Waals surface area contributed by atoms with Gasteiger partial charge in [0.05, 0.1) is 12.7 Å². The van der Waals surface area contributed by atoms with Crippen LogP contribution in [0.25, 0.3) is 0 Å². The number of ether oxygens (including phenoxy) is 1. The number of alkyl halides is 2. The van der Waals surface area contributed by atoms with E-state index in [9.17, 15) is 9.90 Å². The van der Waals surface area contributed by atoms with Crippen LogP contribution in [-0.4, -0.2) is 32.0 Å². The van der Waals surface area contributed by atoms with Crippen molar-refractivity contribution < 1.29 is 19.0 Å². The van der Waals surface area contributed by atoms with Gasteiger partial charge in [0.15, 0.2) is 0 Å². The highest BCUT2D eigenvalue weighted by Crippen LogP contribution is 2.68. The molecule has 2 unspecified atom stereocenters. The Hall–Kier alpha value is -0.300. The van der Waals surface area contributed by atoms with E-state index in [0.29, 0.717) is 23.7 Å². The summed E-state index contributed by atoms with van der Waals surface area (Å²) >= 11 is -1.13. The number of hydrogen-bond acceptors (Lipinski definition) is 3. The van der Waals surface area contributed by atoms with Crippen LogP contribution < -0.4 is 0 Å². The first-order valence-corrected chi connectivity index (χ1v) is 15.1. The Morgan fingerprint density at radius 2 is 2.00 bits per heavy atom. The monoisotopic (exact) mass is 560 g/mol. The van der Waals surface area contributed by atoms with Crippen molar-refractivity contribution in [3.05, 3.63) is 11.6 Å². The van der Waals surface area contributed by atoms with E-state index in [-0.39, 0.29) is 23.2 Å². The molecule has 4 aliphatic carbocycles. The maximum atomic E-state index is 15.4. The first-order chi connectivity index (χ1) is 14.9. The lowest BCUT2D eigenvalue weighted by Crippen LogP contribution is -2.52. The van der Waals surface area contributed by atoms with Crippen molar-refractivity contribution in [3.8, 4) is 0 Å². The highest BCUT2D eigenvalue weighted by Gasteiger charge is 2.60. The summed E-state index contributed by atoms with van der Waals surface area (Å²) in [6.07, 6.45) is 11.5. The average molecular weight is 561 g/mol. The summed E-state index contributed by atoms with van der Waals surface area (Å²) in [4.78, 5) is 12.1. The molecule has 3 saturated carbocycles. The molecule has 5 heteroatoms. The number of carbonyl (C=O) groups excluding carboxylic acids is 1. The van der Waals surface area contributed by atoms with Gasteiger partial charge in [-0.1, -0.05) is 57.7 Å². The Bertz CT molecular complexity index is 809. The van der Waals surface area contributed by atoms with E-state index in [4.69, 9.17) is 4.74 Å². The summed E-state index contributed by atoms with van der Waals surface area (Å²) in [5, 5.41) is 10.7. The smallest absolute Gasteiger partial charge is 0.353 e. The molecular weight excluding hydrogens is 518 g/mol. The highest BCUT2D eigenvalue weighted by molar-refractivity contribution is 14.2. The molecule has 3 fully saturated rings. The Morgan fingerprint density at radius 1 is 1.28 bits per heavy atom. The van der Waals surface area contributed by atoms with Gasteiger partial charge in [-0.15, -0.1) is 0 Å². The van der Waals surface area contributed by atoms with Crippen LogP contribution in [0.5, 0.6) is 0 Å². The minimum Gasteiger partial charge on any atom is -0.466 e. The lowest BCUT2D eigenvalue weighted by molar-refractivity contribution is -0.148. The molecule has 0 radical (unpaired) electrons. The van der Waals surface area contributed by atoms with Crippen molar-refractivity contribution in [1.82, 2.24) is 0 Å². The zero-order valence-corrected chi connectivity index (χ0v) is 22.7. The van der Waals surface area contributed by atoms with E-state index in [0.717, 1.165) is 32.1 Å².